The van der Waals surface area contributed by atoms with Crippen LogP contribution in [0.4, 0.5) is 5.69 Å². The van der Waals surface area contributed by atoms with Gasteiger partial charge in [0, 0.05) is 44.3 Å². The number of piperazine rings is 1. The van der Waals surface area contributed by atoms with Gasteiger partial charge in [0.25, 0.3) is 0 Å². The number of rotatable bonds is 3. The Morgan fingerprint density at radius 1 is 1.19 bits per heavy atom. The van der Waals surface area contributed by atoms with E-state index in [0.29, 0.717) is 6.42 Å². The van der Waals surface area contributed by atoms with E-state index in [1.54, 1.807) is 0 Å². The van der Waals surface area contributed by atoms with Crippen molar-refractivity contribution in [2.45, 2.75) is 26.3 Å². The molecule has 6 heteroatoms. The Bertz CT molecular complexity index is 446. The Balaban J connectivity index is 0.00000200. The standard InChI is InChI=1S/C15H23N3O.2ClH/c1-12-5-3-4-6-14(12)17-7-9-18(10-8-17)15(19)11-13(2)16;;/h3-6,13H,7-11,16H2,1-2H3;2*1H. The van der Waals surface area contributed by atoms with Gasteiger partial charge in [0.05, 0.1) is 0 Å². The monoisotopic (exact) mass is 333 g/mol. The van der Waals surface area contributed by atoms with E-state index in [1.807, 2.05) is 11.8 Å². The summed E-state index contributed by atoms with van der Waals surface area (Å²) in [4.78, 5) is 16.2. The van der Waals surface area contributed by atoms with Crippen LogP contribution < -0.4 is 10.6 Å². The highest BCUT2D eigenvalue weighted by Gasteiger charge is 2.22. The number of nitrogens with zero attached hydrogens (tertiary/aromatic N) is 2. The van der Waals surface area contributed by atoms with Crippen molar-refractivity contribution in [1.29, 1.82) is 0 Å². The van der Waals surface area contributed by atoms with Crippen LogP contribution in [0.5, 0.6) is 0 Å². The minimum atomic E-state index is -0.0538. The quantitative estimate of drug-likeness (QED) is 0.922. The molecule has 4 nitrogen and oxygen atoms in total. The fraction of sp³-hybridized carbons (Fsp3) is 0.533. The molecule has 1 aliphatic heterocycles. The molecule has 2 N–H and O–H groups in total. The smallest absolute Gasteiger partial charge is 0.224 e. The molecular weight excluding hydrogens is 309 g/mol. The lowest BCUT2D eigenvalue weighted by Crippen LogP contribution is -2.49. The summed E-state index contributed by atoms with van der Waals surface area (Å²) in [6.45, 7) is 7.38. The molecule has 0 saturated carbocycles. The normalized spacial score (nSPS) is 15.8. The first-order valence-electron chi connectivity index (χ1n) is 6.92. The van der Waals surface area contributed by atoms with Crippen molar-refractivity contribution < 1.29 is 4.79 Å². The Labute approximate surface area is 139 Å². The van der Waals surface area contributed by atoms with Crippen molar-refractivity contribution in [1.82, 2.24) is 4.90 Å². The highest BCUT2D eigenvalue weighted by Crippen LogP contribution is 2.20. The lowest BCUT2D eigenvalue weighted by atomic mass is 10.1. The summed E-state index contributed by atoms with van der Waals surface area (Å²) in [7, 11) is 0. The van der Waals surface area contributed by atoms with Gasteiger partial charge in [-0.15, -0.1) is 24.8 Å². The van der Waals surface area contributed by atoms with Gasteiger partial charge < -0.3 is 15.5 Å². The summed E-state index contributed by atoms with van der Waals surface area (Å²) in [5, 5.41) is 0. The maximum atomic E-state index is 11.9. The van der Waals surface area contributed by atoms with Crippen LogP contribution in [0, 0.1) is 6.92 Å². The number of carbonyl (C=O) groups is 1. The summed E-state index contributed by atoms with van der Waals surface area (Å²) in [6.07, 6.45) is 0.449. The van der Waals surface area contributed by atoms with Gasteiger partial charge in [0.2, 0.25) is 5.91 Å². The highest BCUT2D eigenvalue weighted by atomic mass is 35.5. The second-order valence-corrected chi connectivity index (χ2v) is 5.34. The van der Waals surface area contributed by atoms with Gasteiger partial charge >= 0.3 is 0 Å². The fourth-order valence-electron chi connectivity index (χ4n) is 2.52. The first-order chi connectivity index (χ1) is 9.08. The molecule has 0 radical (unpaired) electrons. The minimum absolute atomic E-state index is 0. The van der Waals surface area contributed by atoms with E-state index in [4.69, 9.17) is 5.73 Å². The van der Waals surface area contributed by atoms with E-state index >= 15 is 0 Å². The van der Waals surface area contributed by atoms with Gasteiger partial charge in [-0.3, -0.25) is 4.79 Å². The molecule has 1 aromatic carbocycles. The largest absolute Gasteiger partial charge is 0.368 e. The summed E-state index contributed by atoms with van der Waals surface area (Å²) in [5.74, 6) is 0.180. The number of hydrogen-bond acceptors (Lipinski definition) is 3. The van der Waals surface area contributed by atoms with Crippen molar-refractivity contribution in [3.63, 3.8) is 0 Å². The molecular formula is C15H25Cl2N3O. The van der Waals surface area contributed by atoms with Crippen LogP contribution in [0.15, 0.2) is 24.3 Å². The number of anilines is 1. The zero-order valence-electron chi connectivity index (χ0n) is 12.6. The molecule has 1 heterocycles. The third kappa shape index (κ3) is 5.38. The topological polar surface area (TPSA) is 49.6 Å². The van der Waals surface area contributed by atoms with Crippen molar-refractivity contribution in [2.24, 2.45) is 5.73 Å². The molecule has 1 fully saturated rings. The number of amides is 1. The molecule has 120 valence electrons. The molecule has 1 atom stereocenters. The molecule has 0 aromatic heterocycles. The zero-order valence-corrected chi connectivity index (χ0v) is 14.3. The van der Waals surface area contributed by atoms with E-state index in [1.165, 1.54) is 11.3 Å². The summed E-state index contributed by atoms with van der Waals surface area (Å²) >= 11 is 0. The summed E-state index contributed by atoms with van der Waals surface area (Å²) in [5.41, 5.74) is 8.25. The zero-order chi connectivity index (χ0) is 13.8. The number of carbonyl (C=O) groups excluding carboxylic acids is 1. The van der Waals surface area contributed by atoms with Crippen molar-refractivity contribution >= 4 is 36.4 Å². The van der Waals surface area contributed by atoms with E-state index in [-0.39, 0.29) is 36.8 Å². The lowest BCUT2D eigenvalue weighted by Gasteiger charge is -2.37. The SMILES string of the molecule is Cc1ccccc1N1CCN(C(=O)CC(C)N)CC1.Cl.Cl. The predicted octanol–water partition coefficient (Wildman–Crippen LogP) is 2.22. The average Bonchev–Trinajstić information content (AvgIpc) is 2.39. The minimum Gasteiger partial charge on any atom is -0.368 e. The lowest BCUT2D eigenvalue weighted by molar-refractivity contribution is -0.131. The summed E-state index contributed by atoms with van der Waals surface area (Å²) < 4.78 is 0. The van der Waals surface area contributed by atoms with E-state index in [2.05, 4.69) is 36.1 Å². The second-order valence-electron chi connectivity index (χ2n) is 5.34. The molecule has 0 aliphatic carbocycles. The first-order valence-corrected chi connectivity index (χ1v) is 6.92. The van der Waals surface area contributed by atoms with Gasteiger partial charge in [-0.25, -0.2) is 0 Å². The average molecular weight is 334 g/mol. The van der Waals surface area contributed by atoms with Crippen LogP contribution in [0.1, 0.15) is 18.9 Å². The van der Waals surface area contributed by atoms with Crippen LogP contribution in [-0.2, 0) is 4.79 Å². The number of hydrogen-bond donors (Lipinski definition) is 1. The van der Waals surface area contributed by atoms with E-state index in [9.17, 15) is 4.79 Å². The third-order valence-corrected chi connectivity index (χ3v) is 3.59. The molecule has 1 amide bonds. The molecule has 21 heavy (non-hydrogen) atoms. The second kappa shape index (κ2) is 9.13. The fourth-order valence-corrected chi connectivity index (χ4v) is 2.52. The van der Waals surface area contributed by atoms with E-state index < -0.39 is 0 Å². The van der Waals surface area contributed by atoms with Crippen LogP contribution in [0.2, 0.25) is 0 Å². The maximum Gasteiger partial charge on any atom is 0.224 e. The first kappa shape index (κ1) is 20.0. The highest BCUT2D eigenvalue weighted by molar-refractivity contribution is 5.85. The number of benzene rings is 1. The molecule has 2 rings (SSSR count). The Hall–Kier alpha value is -0.970. The van der Waals surface area contributed by atoms with Crippen LogP contribution >= 0.6 is 24.8 Å². The Morgan fingerprint density at radius 3 is 2.29 bits per heavy atom. The maximum absolute atomic E-state index is 11.9. The Kier molecular flexibility index (Phi) is 8.71. The van der Waals surface area contributed by atoms with Crippen LogP contribution in [0.3, 0.4) is 0 Å². The van der Waals surface area contributed by atoms with Crippen molar-refractivity contribution in [3.05, 3.63) is 29.8 Å². The van der Waals surface area contributed by atoms with Crippen molar-refractivity contribution in [2.75, 3.05) is 31.1 Å². The molecule has 1 saturated heterocycles. The molecule has 0 spiro atoms. The number of halogens is 2. The molecule has 1 unspecified atom stereocenters. The van der Waals surface area contributed by atoms with Crippen molar-refractivity contribution in [3.8, 4) is 0 Å². The summed E-state index contributed by atoms with van der Waals surface area (Å²) in [6, 6.07) is 8.34. The van der Waals surface area contributed by atoms with Crippen LogP contribution in [0.25, 0.3) is 0 Å². The molecule has 1 aromatic rings. The predicted molar refractivity (Wildman–Crippen MR) is 92.7 cm³/mol. The van der Waals surface area contributed by atoms with Gasteiger partial charge in [-0.2, -0.15) is 0 Å². The number of aryl methyl sites for hydroxylation is 1. The van der Waals surface area contributed by atoms with Gasteiger partial charge in [0.15, 0.2) is 0 Å². The Morgan fingerprint density at radius 2 is 1.76 bits per heavy atom. The molecule has 1 aliphatic rings. The van der Waals surface area contributed by atoms with Crippen LogP contribution in [-0.4, -0.2) is 43.0 Å². The number of nitrogens with two attached hydrogens (primary N) is 1. The van der Waals surface area contributed by atoms with Gasteiger partial charge in [-0.05, 0) is 25.5 Å². The van der Waals surface area contributed by atoms with Gasteiger partial charge in [-0.1, -0.05) is 18.2 Å². The molecule has 0 bridgehead atoms. The third-order valence-electron chi connectivity index (χ3n) is 3.59. The number of para-hydroxylation sites is 1. The van der Waals surface area contributed by atoms with E-state index in [0.717, 1.165) is 26.2 Å². The van der Waals surface area contributed by atoms with Gasteiger partial charge in [0.1, 0.15) is 0 Å².